The van der Waals surface area contributed by atoms with Crippen LogP contribution in [0.1, 0.15) is 21.5 Å². The second-order valence-electron chi connectivity index (χ2n) is 7.12. The summed E-state index contributed by atoms with van der Waals surface area (Å²) in [6.07, 6.45) is 2.90. The molecular weight excluding hydrogens is 438 g/mol. The molecule has 9 heteroatoms. The topological polar surface area (TPSA) is 118 Å². The third kappa shape index (κ3) is 5.33. The predicted octanol–water partition coefficient (Wildman–Crippen LogP) is 3.05. The summed E-state index contributed by atoms with van der Waals surface area (Å²) in [4.78, 5) is 25.6. The van der Waals surface area contributed by atoms with E-state index >= 15 is 0 Å². The van der Waals surface area contributed by atoms with Gasteiger partial charge in [0.05, 0.1) is 13.3 Å². The zero-order valence-electron chi connectivity index (χ0n) is 18.1. The third-order valence-electron chi connectivity index (χ3n) is 4.82. The number of phenols is 1. The molecule has 0 radical (unpaired) electrons. The number of hydrogen-bond donors (Lipinski definition) is 3. The van der Waals surface area contributed by atoms with Crippen LogP contribution in [0.4, 0.5) is 0 Å². The number of nitrogens with zero attached hydrogens (tertiary/aromatic N) is 1. The number of hydrogen-bond acceptors (Lipinski definition) is 7. The third-order valence-corrected chi connectivity index (χ3v) is 4.82. The number of rotatable bonds is 7. The number of fused-ring (bicyclic) bond motifs is 1. The number of carbonyl (C=O) groups is 2. The van der Waals surface area contributed by atoms with Gasteiger partial charge in [0.1, 0.15) is 5.70 Å². The molecule has 3 aromatic carbocycles. The molecule has 0 spiro atoms. The quantitative estimate of drug-likeness (QED) is 0.284. The maximum absolute atomic E-state index is 12.9. The van der Waals surface area contributed by atoms with Crippen molar-refractivity contribution in [3.8, 4) is 23.0 Å². The summed E-state index contributed by atoms with van der Waals surface area (Å²) in [5.41, 5.74) is 3.98. The van der Waals surface area contributed by atoms with Crippen molar-refractivity contribution in [3.05, 3.63) is 89.1 Å². The van der Waals surface area contributed by atoms with E-state index < -0.39 is 11.8 Å². The summed E-state index contributed by atoms with van der Waals surface area (Å²) >= 11 is 0. The number of methoxy groups -OCH3 is 1. The van der Waals surface area contributed by atoms with Crippen molar-refractivity contribution < 1.29 is 28.9 Å². The molecule has 0 saturated heterocycles. The highest BCUT2D eigenvalue weighted by Crippen LogP contribution is 2.33. The van der Waals surface area contributed by atoms with Crippen LogP contribution in [0.15, 0.2) is 77.5 Å². The van der Waals surface area contributed by atoms with Crippen LogP contribution < -0.4 is 25.0 Å². The zero-order valence-corrected chi connectivity index (χ0v) is 18.1. The Balaban J connectivity index is 1.55. The molecule has 1 aliphatic heterocycles. The van der Waals surface area contributed by atoms with Crippen LogP contribution >= 0.6 is 0 Å². The van der Waals surface area contributed by atoms with Crippen molar-refractivity contribution >= 4 is 24.1 Å². The first kappa shape index (κ1) is 22.4. The SMILES string of the molecule is COc1cc(/C=N\NC(=O)/C(=C\c2ccc3c(c2)OCO3)NC(=O)c2ccccc2)ccc1O. The van der Waals surface area contributed by atoms with Crippen LogP contribution in [0.25, 0.3) is 6.08 Å². The molecule has 0 aromatic heterocycles. The molecule has 1 heterocycles. The van der Waals surface area contributed by atoms with E-state index in [0.717, 1.165) is 0 Å². The number of ether oxygens (including phenoxy) is 3. The largest absolute Gasteiger partial charge is 0.504 e. The summed E-state index contributed by atoms with van der Waals surface area (Å²) in [5, 5.41) is 16.3. The van der Waals surface area contributed by atoms with E-state index in [1.54, 1.807) is 60.7 Å². The summed E-state index contributed by atoms with van der Waals surface area (Å²) < 4.78 is 15.8. The molecular formula is C25H21N3O6. The van der Waals surface area contributed by atoms with Gasteiger partial charge in [-0.3, -0.25) is 9.59 Å². The van der Waals surface area contributed by atoms with Gasteiger partial charge >= 0.3 is 0 Å². The number of hydrazone groups is 1. The molecule has 0 aliphatic carbocycles. The number of aromatic hydroxyl groups is 1. The van der Waals surface area contributed by atoms with Crippen LogP contribution in [0, 0.1) is 0 Å². The average Bonchev–Trinajstić information content (AvgIpc) is 3.33. The van der Waals surface area contributed by atoms with Gasteiger partial charge in [-0.2, -0.15) is 5.10 Å². The van der Waals surface area contributed by atoms with Gasteiger partial charge in [-0.1, -0.05) is 24.3 Å². The first-order valence-corrected chi connectivity index (χ1v) is 10.2. The minimum absolute atomic E-state index is 0.0127. The van der Waals surface area contributed by atoms with Crippen molar-refractivity contribution in [1.29, 1.82) is 0 Å². The van der Waals surface area contributed by atoms with E-state index in [-0.39, 0.29) is 24.0 Å². The van der Waals surface area contributed by atoms with Gasteiger partial charge in [0.15, 0.2) is 23.0 Å². The van der Waals surface area contributed by atoms with Crippen LogP contribution in [0.3, 0.4) is 0 Å². The molecule has 0 atom stereocenters. The monoisotopic (exact) mass is 459 g/mol. The second kappa shape index (κ2) is 10.2. The fraction of sp³-hybridized carbons (Fsp3) is 0.0800. The van der Waals surface area contributed by atoms with Crippen molar-refractivity contribution in [3.63, 3.8) is 0 Å². The fourth-order valence-corrected chi connectivity index (χ4v) is 3.11. The lowest BCUT2D eigenvalue weighted by molar-refractivity contribution is -0.117. The van der Waals surface area contributed by atoms with E-state index in [4.69, 9.17) is 14.2 Å². The standard InChI is InChI=1S/C25H21N3O6/c1-32-22-13-17(7-9-20(22)29)14-26-28-25(31)19(27-24(30)18-5-3-2-4-6-18)11-16-8-10-21-23(12-16)34-15-33-21/h2-14,29H,15H2,1H3,(H,27,30)(H,28,31)/b19-11+,26-14-. The van der Waals surface area contributed by atoms with Crippen molar-refractivity contribution in [2.24, 2.45) is 5.10 Å². The van der Waals surface area contributed by atoms with Gasteiger partial charge in [-0.15, -0.1) is 0 Å². The molecule has 4 rings (SSSR count). The van der Waals surface area contributed by atoms with Gasteiger partial charge < -0.3 is 24.6 Å². The van der Waals surface area contributed by atoms with Crippen LogP contribution in [0.2, 0.25) is 0 Å². The summed E-state index contributed by atoms with van der Waals surface area (Å²) in [5.74, 6) is 0.321. The Morgan fingerprint density at radius 1 is 1.00 bits per heavy atom. The van der Waals surface area contributed by atoms with Crippen LogP contribution in [-0.4, -0.2) is 37.0 Å². The Labute approximate surface area is 195 Å². The van der Waals surface area contributed by atoms with Gasteiger partial charge in [0, 0.05) is 5.56 Å². The fourth-order valence-electron chi connectivity index (χ4n) is 3.11. The normalized spacial score (nSPS) is 12.4. The maximum atomic E-state index is 12.9. The van der Waals surface area contributed by atoms with Gasteiger partial charge in [-0.05, 0) is 59.7 Å². The predicted molar refractivity (Wildman–Crippen MR) is 125 cm³/mol. The van der Waals surface area contributed by atoms with Crippen molar-refractivity contribution in [1.82, 2.24) is 10.7 Å². The van der Waals surface area contributed by atoms with Gasteiger partial charge in [0.2, 0.25) is 6.79 Å². The Kier molecular flexibility index (Phi) is 6.73. The Morgan fingerprint density at radius 3 is 2.56 bits per heavy atom. The Bertz CT molecular complexity index is 1270. The first-order chi connectivity index (χ1) is 16.5. The number of benzene rings is 3. The number of phenolic OH excluding ortho intramolecular Hbond substituents is 1. The van der Waals surface area contributed by atoms with E-state index in [1.165, 1.54) is 25.5 Å². The lowest BCUT2D eigenvalue weighted by Gasteiger charge is -2.09. The summed E-state index contributed by atoms with van der Waals surface area (Å²) in [6, 6.07) is 18.3. The molecule has 9 nitrogen and oxygen atoms in total. The van der Waals surface area contributed by atoms with Gasteiger partial charge in [-0.25, -0.2) is 5.43 Å². The van der Waals surface area contributed by atoms with Crippen LogP contribution in [-0.2, 0) is 4.79 Å². The molecule has 3 N–H and O–H groups in total. The molecule has 172 valence electrons. The summed E-state index contributed by atoms with van der Waals surface area (Å²) in [6.45, 7) is 0.122. The molecule has 0 saturated carbocycles. The number of carbonyl (C=O) groups excluding carboxylic acids is 2. The lowest BCUT2D eigenvalue weighted by atomic mass is 10.1. The number of nitrogens with one attached hydrogen (secondary N) is 2. The average molecular weight is 459 g/mol. The molecule has 34 heavy (non-hydrogen) atoms. The molecule has 0 fully saturated rings. The highest BCUT2D eigenvalue weighted by molar-refractivity contribution is 6.05. The van der Waals surface area contributed by atoms with E-state index in [1.807, 2.05) is 0 Å². The van der Waals surface area contributed by atoms with E-state index in [2.05, 4.69) is 15.8 Å². The lowest BCUT2D eigenvalue weighted by Crippen LogP contribution is -2.32. The Hall–Kier alpha value is -4.79. The second-order valence-corrected chi connectivity index (χ2v) is 7.12. The van der Waals surface area contributed by atoms with Crippen LogP contribution in [0.5, 0.6) is 23.0 Å². The van der Waals surface area contributed by atoms with E-state index in [9.17, 15) is 14.7 Å². The first-order valence-electron chi connectivity index (χ1n) is 10.2. The minimum Gasteiger partial charge on any atom is -0.504 e. The molecule has 0 unspecified atom stereocenters. The highest BCUT2D eigenvalue weighted by Gasteiger charge is 2.17. The number of amides is 2. The molecule has 2 amide bonds. The smallest absolute Gasteiger partial charge is 0.287 e. The molecule has 3 aromatic rings. The minimum atomic E-state index is -0.635. The van der Waals surface area contributed by atoms with Crippen molar-refractivity contribution in [2.45, 2.75) is 0 Å². The van der Waals surface area contributed by atoms with Crippen molar-refractivity contribution in [2.75, 3.05) is 13.9 Å². The molecule has 1 aliphatic rings. The van der Waals surface area contributed by atoms with Gasteiger partial charge in [0.25, 0.3) is 11.8 Å². The van der Waals surface area contributed by atoms with E-state index in [0.29, 0.717) is 28.2 Å². The molecule has 0 bridgehead atoms. The maximum Gasteiger partial charge on any atom is 0.287 e. The summed E-state index contributed by atoms with van der Waals surface area (Å²) in [7, 11) is 1.43. The zero-order chi connectivity index (χ0) is 23.9. The Morgan fingerprint density at radius 2 is 1.76 bits per heavy atom. The highest BCUT2D eigenvalue weighted by atomic mass is 16.7.